The van der Waals surface area contributed by atoms with Crippen molar-refractivity contribution in [2.24, 2.45) is 0 Å². The minimum Gasteiger partial charge on any atom is -0.506 e. The second-order valence-corrected chi connectivity index (χ2v) is 8.64. The van der Waals surface area contributed by atoms with Crippen molar-refractivity contribution in [3.05, 3.63) is 76.2 Å². The van der Waals surface area contributed by atoms with Crippen molar-refractivity contribution < 1.29 is 18.3 Å². The molecule has 0 saturated carbocycles. The Morgan fingerprint density at radius 3 is 2.57 bits per heavy atom. The molecule has 8 heteroatoms. The molecule has 3 aromatic carbocycles. The van der Waals surface area contributed by atoms with E-state index in [4.69, 9.17) is 11.6 Å². The van der Waals surface area contributed by atoms with Crippen LogP contribution in [0.1, 0.15) is 5.56 Å². The summed E-state index contributed by atoms with van der Waals surface area (Å²) < 4.78 is 26.7. The van der Waals surface area contributed by atoms with Crippen LogP contribution >= 0.6 is 11.6 Å². The zero-order valence-corrected chi connectivity index (χ0v) is 16.3. The smallest absolute Gasteiger partial charge is 0.273 e. The van der Waals surface area contributed by atoms with Gasteiger partial charge in [0.2, 0.25) is 0 Å². The van der Waals surface area contributed by atoms with Gasteiger partial charge in [-0.25, -0.2) is 8.42 Å². The first-order valence-corrected chi connectivity index (χ1v) is 10.1. The largest absolute Gasteiger partial charge is 0.506 e. The van der Waals surface area contributed by atoms with Crippen LogP contribution in [0.2, 0.25) is 5.02 Å². The highest BCUT2D eigenvalue weighted by molar-refractivity contribution is 7.97. The fourth-order valence-electron chi connectivity index (χ4n) is 3.22. The first-order valence-electron chi connectivity index (χ1n) is 8.32. The molecule has 1 heterocycles. The molecular formula is C20H15ClN2O4S. The first-order chi connectivity index (χ1) is 13.3. The molecule has 1 aliphatic rings. The number of carbonyl (C=O) groups excluding carboxylic acids is 1. The van der Waals surface area contributed by atoms with Gasteiger partial charge in [0.05, 0.1) is 5.69 Å². The summed E-state index contributed by atoms with van der Waals surface area (Å²) in [7, 11) is -2.92. The average molecular weight is 415 g/mol. The topological polar surface area (TPSA) is 86.7 Å². The summed E-state index contributed by atoms with van der Waals surface area (Å²) in [4.78, 5) is 12.2. The van der Waals surface area contributed by atoms with Crippen LogP contribution in [-0.2, 0) is 14.8 Å². The highest BCUT2D eigenvalue weighted by atomic mass is 35.5. The Bertz CT molecular complexity index is 1260. The van der Waals surface area contributed by atoms with E-state index < -0.39 is 26.6 Å². The van der Waals surface area contributed by atoms with Gasteiger partial charge in [0.1, 0.15) is 0 Å². The van der Waals surface area contributed by atoms with Gasteiger partial charge in [-0.1, -0.05) is 48.0 Å². The van der Waals surface area contributed by atoms with Gasteiger partial charge in [0.15, 0.2) is 10.7 Å². The third-order valence-corrected chi connectivity index (χ3v) is 6.68. The van der Waals surface area contributed by atoms with Crippen molar-refractivity contribution in [1.29, 1.82) is 0 Å². The lowest BCUT2D eigenvalue weighted by Gasteiger charge is -2.28. The number of nitrogens with zero attached hydrogens (tertiary/aromatic N) is 1. The van der Waals surface area contributed by atoms with Crippen LogP contribution in [0, 0.1) is 0 Å². The van der Waals surface area contributed by atoms with Crippen molar-refractivity contribution in [3.63, 3.8) is 0 Å². The maximum atomic E-state index is 12.9. The summed E-state index contributed by atoms with van der Waals surface area (Å²) in [5, 5.41) is 15.2. The van der Waals surface area contributed by atoms with Crippen LogP contribution in [-0.4, -0.2) is 26.5 Å². The van der Waals surface area contributed by atoms with Crippen LogP contribution in [0.15, 0.2) is 65.6 Å². The molecule has 0 aliphatic carbocycles. The number of halogens is 1. The summed E-state index contributed by atoms with van der Waals surface area (Å²) in [6, 6.07) is 17.1. The monoisotopic (exact) mass is 414 g/mol. The number of aliphatic hydroxyl groups is 1. The molecule has 0 unspecified atom stereocenters. The number of aliphatic hydroxyl groups excluding tert-OH is 1. The molecular weight excluding hydrogens is 400 g/mol. The van der Waals surface area contributed by atoms with Crippen LogP contribution < -0.4 is 9.62 Å². The molecule has 1 amide bonds. The van der Waals surface area contributed by atoms with E-state index in [9.17, 15) is 18.3 Å². The Kier molecular flexibility index (Phi) is 4.28. The lowest BCUT2D eigenvalue weighted by atomic mass is 10.1. The van der Waals surface area contributed by atoms with Crippen molar-refractivity contribution in [3.8, 4) is 0 Å². The van der Waals surface area contributed by atoms with Gasteiger partial charge in [0, 0.05) is 28.7 Å². The summed E-state index contributed by atoms with van der Waals surface area (Å²) in [6.07, 6.45) is 0. The predicted octanol–water partition coefficient (Wildman–Crippen LogP) is 4.14. The predicted molar refractivity (Wildman–Crippen MR) is 111 cm³/mol. The maximum Gasteiger partial charge on any atom is 0.273 e. The summed E-state index contributed by atoms with van der Waals surface area (Å²) in [6.45, 7) is 0. The Morgan fingerprint density at radius 2 is 1.79 bits per heavy atom. The number of hydrogen-bond donors (Lipinski definition) is 2. The molecule has 0 fully saturated rings. The molecule has 6 nitrogen and oxygen atoms in total. The second-order valence-electron chi connectivity index (χ2n) is 6.29. The normalized spacial score (nSPS) is 15.4. The van der Waals surface area contributed by atoms with Crippen molar-refractivity contribution in [2.45, 2.75) is 0 Å². The molecule has 28 heavy (non-hydrogen) atoms. The maximum absolute atomic E-state index is 12.9. The highest BCUT2D eigenvalue weighted by Gasteiger charge is 2.39. The van der Waals surface area contributed by atoms with Crippen molar-refractivity contribution in [2.75, 3.05) is 16.7 Å². The highest BCUT2D eigenvalue weighted by Crippen LogP contribution is 2.39. The average Bonchev–Trinajstić information content (AvgIpc) is 2.66. The summed E-state index contributed by atoms with van der Waals surface area (Å²) >= 11 is 5.98. The minimum atomic E-state index is -4.24. The number of amides is 1. The molecule has 0 bridgehead atoms. The fourth-order valence-corrected chi connectivity index (χ4v) is 4.73. The number of rotatable bonds is 2. The first kappa shape index (κ1) is 18.3. The van der Waals surface area contributed by atoms with E-state index in [0.29, 0.717) is 10.7 Å². The number of sulfonamides is 1. The Labute approximate surface area is 166 Å². The van der Waals surface area contributed by atoms with E-state index >= 15 is 0 Å². The van der Waals surface area contributed by atoms with Gasteiger partial charge in [0.25, 0.3) is 15.9 Å². The second kappa shape index (κ2) is 6.54. The number of anilines is 2. The standard InChI is InChI=1S/C20H15ClN2O4S/c1-23-17-10-9-13(21)11-15(17)18(24)19(28(23,26)27)20(25)22-16-8-4-6-12-5-2-3-7-14(12)16/h2-11,24H,1H3,(H,22,25). The van der Waals surface area contributed by atoms with Crippen LogP contribution in [0.25, 0.3) is 16.5 Å². The molecule has 3 aromatic rings. The molecule has 2 N–H and O–H groups in total. The van der Waals surface area contributed by atoms with Crippen LogP contribution in [0.4, 0.5) is 11.4 Å². The molecule has 0 saturated heterocycles. The van der Waals surface area contributed by atoms with E-state index in [1.165, 1.54) is 25.2 Å². The van der Waals surface area contributed by atoms with Gasteiger partial charge >= 0.3 is 0 Å². The molecule has 142 valence electrons. The van der Waals surface area contributed by atoms with E-state index in [1.54, 1.807) is 12.1 Å². The third-order valence-electron chi connectivity index (χ3n) is 4.63. The van der Waals surface area contributed by atoms with Gasteiger partial charge in [-0.3, -0.25) is 9.10 Å². The van der Waals surface area contributed by atoms with E-state index in [2.05, 4.69) is 5.32 Å². The number of carbonyl (C=O) groups is 1. The Morgan fingerprint density at radius 1 is 1.07 bits per heavy atom. The SMILES string of the molecule is CN1c2ccc(Cl)cc2C(O)=C(C(=O)Nc2cccc3ccccc23)S1(=O)=O. The number of fused-ring (bicyclic) bond motifs is 2. The number of nitrogens with one attached hydrogen (secondary N) is 1. The van der Waals surface area contributed by atoms with Crippen molar-refractivity contribution in [1.82, 2.24) is 0 Å². The van der Waals surface area contributed by atoms with Gasteiger partial charge in [-0.15, -0.1) is 0 Å². The molecule has 4 rings (SSSR count). The minimum absolute atomic E-state index is 0.174. The molecule has 0 aromatic heterocycles. The molecule has 0 spiro atoms. The summed E-state index contributed by atoms with van der Waals surface area (Å²) in [5.74, 6) is -1.56. The van der Waals surface area contributed by atoms with E-state index in [0.717, 1.165) is 15.1 Å². The Balaban J connectivity index is 1.84. The van der Waals surface area contributed by atoms with Gasteiger partial charge < -0.3 is 10.4 Å². The molecule has 0 radical (unpaired) electrons. The zero-order valence-electron chi connectivity index (χ0n) is 14.7. The lowest BCUT2D eigenvalue weighted by molar-refractivity contribution is -0.112. The van der Waals surface area contributed by atoms with Crippen molar-refractivity contribution >= 4 is 55.4 Å². The van der Waals surface area contributed by atoms with E-state index in [-0.39, 0.29) is 11.3 Å². The molecule has 1 aliphatic heterocycles. The van der Waals surface area contributed by atoms with Gasteiger partial charge in [-0.05, 0) is 29.7 Å². The zero-order chi connectivity index (χ0) is 20.1. The van der Waals surface area contributed by atoms with Crippen LogP contribution in [0.5, 0.6) is 0 Å². The van der Waals surface area contributed by atoms with Gasteiger partial charge in [-0.2, -0.15) is 0 Å². The van der Waals surface area contributed by atoms with Crippen LogP contribution in [0.3, 0.4) is 0 Å². The number of hydrogen-bond acceptors (Lipinski definition) is 4. The summed E-state index contributed by atoms with van der Waals surface area (Å²) in [5.41, 5.74) is 0.856. The fraction of sp³-hybridized carbons (Fsp3) is 0.0500. The quantitative estimate of drug-likeness (QED) is 0.659. The number of benzene rings is 3. The Hall–Kier alpha value is -3.03. The third kappa shape index (κ3) is 2.80. The molecule has 0 atom stereocenters. The van der Waals surface area contributed by atoms with E-state index in [1.807, 2.05) is 30.3 Å². The lowest BCUT2D eigenvalue weighted by Crippen LogP contribution is -2.37.